The molecule has 1 N–H and O–H groups in total. The molecule has 5 nitrogen and oxygen atoms in total. The van der Waals surface area contributed by atoms with Gasteiger partial charge in [0.2, 0.25) is 5.91 Å². The van der Waals surface area contributed by atoms with E-state index in [1.807, 2.05) is 35.3 Å². The molecule has 1 aliphatic rings. The van der Waals surface area contributed by atoms with E-state index in [4.69, 9.17) is 0 Å². The van der Waals surface area contributed by atoms with Crippen LogP contribution in [0.5, 0.6) is 0 Å². The molecule has 3 aromatic rings. The highest BCUT2D eigenvalue weighted by Gasteiger charge is 2.46. The monoisotopic (exact) mass is 388 g/mol. The molecule has 1 heterocycles. The lowest BCUT2D eigenvalue weighted by Crippen LogP contribution is -2.58. The summed E-state index contributed by atoms with van der Waals surface area (Å²) in [6.45, 7) is 4.11. The molecule has 0 spiro atoms. The number of fused-ring (bicyclic) bond motifs is 1. The topological polar surface area (TPSA) is 50.2 Å². The summed E-state index contributed by atoms with van der Waals surface area (Å²) in [5, 5.41) is 7.49. The average molecular weight is 389 g/mol. The van der Waals surface area contributed by atoms with Crippen molar-refractivity contribution >= 4 is 5.91 Å². The van der Waals surface area contributed by atoms with Gasteiger partial charge < -0.3 is 5.32 Å². The van der Waals surface area contributed by atoms with Gasteiger partial charge in [-0.1, -0.05) is 54.6 Å². The first-order chi connectivity index (χ1) is 14.1. The number of rotatable bonds is 7. The van der Waals surface area contributed by atoms with E-state index in [-0.39, 0.29) is 5.91 Å². The Kier molecular flexibility index (Phi) is 5.49. The molecule has 1 amide bonds. The standard InChI is InChI=1S/C24H28N4O/c1-3-28-18-20(16-26-28)15-25-23(29)24(13-21-11-7-8-12-22(21)14-24)27(2)17-19-9-5-4-6-10-19/h4-12,16,18H,3,13-15,17H2,1-2H3,(H,25,29). The minimum Gasteiger partial charge on any atom is -0.350 e. The third-order valence-electron chi connectivity index (χ3n) is 5.96. The van der Waals surface area contributed by atoms with Crippen LogP contribution in [-0.4, -0.2) is 33.2 Å². The number of benzene rings is 2. The van der Waals surface area contributed by atoms with E-state index in [0.29, 0.717) is 6.54 Å². The summed E-state index contributed by atoms with van der Waals surface area (Å²) in [5.74, 6) is 0.0800. The molecule has 0 radical (unpaired) electrons. The molecule has 0 saturated heterocycles. The van der Waals surface area contributed by atoms with Crippen LogP contribution in [0.2, 0.25) is 0 Å². The fraction of sp³-hybridized carbons (Fsp3) is 0.333. The maximum atomic E-state index is 13.5. The smallest absolute Gasteiger partial charge is 0.241 e. The van der Waals surface area contributed by atoms with Crippen LogP contribution in [0, 0.1) is 0 Å². The summed E-state index contributed by atoms with van der Waals surface area (Å²) < 4.78 is 1.88. The summed E-state index contributed by atoms with van der Waals surface area (Å²) in [4.78, 5) is 15.8. The van der Waals surface area contributed by atoms with Gasteiger partial charge in [-0.05, 0) is 30.7 Å². The molecule has 4 rings (SSSR count). The Balaban J connectivity index is 1.56. The van der Waals surface area contributed by atoms with Crippen LogP contribution in [0.25, 0.3) is 0 Å². The van der Waals surface area contributed by atoms with Gasteiger partial charge in [-0.15, -0.1) is 0 Å². The van der Waals surface area contributed by atoms with Crippen molar-refractivity contribution in [2.24, 2.45) is 0 Å². The maximum absolute atomic E-state index is 13.5. The average Bonchev–Trinajstić information content (AvgIpc) is 3.37. The van der Waals surface area contributed by atoms with Gasteiger partial charge in [-0.2, -0.15) is 5.10 Å². The summed E-state index contributed by atoms with van der Waals surface area (Å²) in [6.07, 6.45) is 5.27. The number of nitrogens with zero attached hydrogens (tertiary/aromatic N) is 3. The van der Waals surface area contributed by atoms with E-state index in [9.17, 15) is 4.79 Å². The predicted molar refractivity (Wildman–Crippen MR) is 114 cm³/mol. The summed E-state index contributed by atoms with van der Waals surface area (Å²) >= 11 is 0. The first-order valence-corrected chi connectivity index (χ1v) is 10.2. The van der Waals surface area contributed by atoms with Crippen LogP contribution in [0.15, 0.2) is 67.0 Å². The Morgan fingerprint density at radius 2 is 1.72 bits per heavy atom. The summed E-state index contributed by atoms with van der Waals surface area (Å²) in [6, 6.07) is 18.8. The first-order valence-electron chi connectivity index (χ1n) is 10.2. The molecule has 1 aromatic heterocycles. The second-order valence-electron chi connectivity index (χ2n) is 7.88. The fourth-order valence-corrected chi connectivity index (χ4v) is 4.22. The van der Waals surface area contributed by atoms with Gasteiger partial charge in [-0.3, -0.25) is 14.4 Å². The minimum absolute atomic E-state index is 0.0800. The number of amides is 1. The van der Waals surface area contributed by atoms with Crippen LogP contribution in [0.4, 0.5) is 0 Å². The molecular weight excluding hydrogens is 360 g/mol. The molecule has 0 fully saturated rings. The second-order valence-corrected chi connectivity index (χ2v) is 7.88. The maximum Gasteiger partial charge on any atom is 0.241 e. The van der Waals surface area contributed by atoms with E-state index < -0.39 is 5.54 Å². The van der Waals surface area contributed by atoms with Gasteiger partial charge in [0.25, 0.3) is 0 Å². The van der Waals surface area contributed by atoms with E-state index in [1.165, 1.54) is 16.7 Å². The van der Waals surface area contributed by atoms with Gasteiger partial charge in [0.15, 0.2) is 0 Å². The normalized spacial score (nSPS) is 14.7. The van der Waals surface area contributed by atoms with Gasteiger partial charge >= 0.3 is 0 Å². The Morgan fingerprint density at radius 1 is 1.07 bits per heavy atom. The number of hydrogen-bond donors (Lipinski definition) is 1. The number of hydrogen-bond acceptors (Lipinski definition) is 3. The quantitative estimate of drug-likeness (QED) is 0.676. The van der Waals surface area contributed by atoms with Crippen molar-refractivity contribution in [3.05, 3.63) is 89.2 Å². The molecule has 1 aliphatic carbocycles. The van der Waals surface area contributed by atoms with Crippen LogP contribution < -0.4 is 5.32 Å². The zero-order valence-corrected chi connectivity index (χ0v) is 17.1. The van der Waals surface area contributed by atoms with E-state index in [1.54, 1.807) is 0 Å². The van der Waals surface area contributed by atoms with Gasteiger partial charge in [0.1, 0.15) is 5.54 Å². The molecule has 0 aliphatic heterocycles. The van der Waals surface area contributed by atoms with E-state index >= 15 is 0 Å². The molecule has 5 heteroatoms. The molecule has 0 saturated carbocycles. The van der Waals surface area contributed by atoms with E-state index in [0.717, 1.165) is 31.5 Å². The van der Waals surface area contributed by atoms with Gasteiger partial charge in [0, 0.05) is 44.2 Å². The first kappa shape index (κ1) is 19.4. The lowest BCUT2D eigenvalue weighted by molar-refractivity contribution is -0.133. The number of nitrogens with one attached hydrogen (secondary N) is 1. The van der Waals surface area contributed by atoms with Crippen LogP contribution in [-0.2, 0) is 37.3 Å². The second kappa shape index (κ2) is 8.21. The third kappa shape index (κ3) is 3.96. The Morgan fingerprint density at radius 3 is 2.34 bits per heavy atom. The van der Waals surface area contributed by atoms with E-state index in [2.05, 4.69) is 65.7 Å². The molecule has 2 aromatic carbocycles. The van der Waals surface area contributed by atoms with Crippen LogP contribution in [0.1, 0.15) is 29.2 Å². The summed E-state index contributed by atoms with van der Waals surface area (Å²) in [7, 11) is 2.06. The number of aryl methyl sites for hydroxylation is 1. The fourth-order valence-electron chi connectivity index (χ4n) is 4.22. The van der Waals surface area contributed by atoms with Crippen LogP contribution in [0.3, 0.4) is 0 Å². The number of likely N-dealkylation sites (N-methyl/N-ethyl adjacent to an activating group) is 1. The highest BCUT2D eigenvalue weighted by atomic mass is 16.2. The van der Waals surface area contributed by atoms with Crippen molar-refractivity contribution in [3.63, 3.8) is 0 Å². The molecule has 150 valence electrons. The van der Waals surface area contributed by atoms with Crippen molar-refractivity contribution in [3.8, 4) is 0 Å². The highest BCUT2D eigenvalue weighted by molar-refractivity contribution is 5.88. The molecular formula is C24H28N4O. The summed E-state index contributed by atoms with van der Waals surface area (Å²) in [5.41, 5.74) is 4.18. The van der Waals surface area contributed by atoms with Crippen LogP contribution >= 0.6 is 0 Å². The van der Waals surface area contributed by atoms with Crippen molar-refractivity contribution in [2.45, 2.75) is 44.9 Å². The Hall–Kier alpha value is -2.92. The highest BCUT2D eigenvalue weighted by Crippen LogP contribution is 2.35. The molecule has 0 atom stereocenters. The zero-order chi connectivity index (χ0) is 20.3. The number of carbonyl (C=O) groups excluding carboxylic acids is 1. The number of carbonyl (C=O) groups is 1. The minimum atomic E-state index is -0.583. The van der Waals surface area contributed by atoms with Crippen molar-refractivity contribution in [2.75, 3.05) is 7.05 Å². The van der Waals surface area contributed by atoms with Crippen molar-refractivity contribution < 1.29 is 4.79 Å². The SMILES string of the molecule is CCn1cc(CNC(=O)C2(N(C)Cc3ccccc3)Cc3ccccc3C2)cn1. The van der Waals surface area contributed by atoms with Gasteiger partial charge in [-0.25, -0.2) is 0 Å². The lowest BCUT2D eigenvalue weighted by Gasteiger charge is -2.37. The lowest BCUT2D eigenvalue weighted by atomic mass is 9.91. The Labute approximate surface area is 172 Å². The number of aromatic nitrogens is 2. The van der Waals surface area contributed by atoms with Gasteiger partial charge in [0.05, 0.1) is 6.20 Å². The van der Waals surface area contributed by atoms with Crippen molar-refractivity contribution in [1.29, 1.82) is 0 Å². The molecule has 0 unspecified atom stereocenters. The third-order valence-corrected chi connectivity index (χ3v) is 5.96. The molecule has 0 bridgehead atoms. The molecule has 29 heavy (non-hydrogen) atoms. The zero-order valence-electron chi connectivity index (χ0n) is 17.1. The van der Waals surface area contributed by atoms with Crippen molar-refractivity contribution in [1.82, 2.24) is 20.0 Å². The Bertz CT molecular complexity index is 954. The largest absolute Gasteiger partial charge is 0.350 e. The predicted octanol–water partition coefficient (Wildman–Crippen LogP) is 3.19.